The van der Waals surface area contributed by atoms with Crippen molar-refractivity contribution < 1.29 is 16.5 Å². The molecule has 0 radical (unpaired) electrons. The van der Waals surface area contributed by atoms with Gasteiger partial charge in [-0.1, -0.05) is 59.7 Å². The minimum Gasteiger partial charge on any atom is -0.663 e. The molecule has 2 aromatic carbocycles. The molecule has 0 atom stereocenters. The molecule has 0 bridgehead atoms. The molecule has 0 unspecified atom stereocenters. The van der Waals surface area contributed by atoms with Crippen LogP contribution in [0.1, 0.15) is 58.6 Å². The van der Waals surface area contributed by atoms with Crippen molar-refractivity contribution in [3.05, 3.63) is 106 Å². The molecule has 5 heteroatoms. The van der Waals surface area contributed by atoms with Gasteiger partial charge in [0.2, 0.25) is 0 Å². The number of aromatic nitrogens is 2. The van der Waals surface area contributed by atoms with Crippen LogP contribution in [-0.4, -0.2) is 11.4 Å². The molecule has 2 heterocycles. The van der Waals surface area contributed by atoms with Crippen molar-refractivity contribution in [1.82, 2.24) is 9.97 Å². The third-order valence-corrected chi connectivity index (χ3v) is 5.68. The molecule has 0 saturated carbocycles. The van der Waals surface area contributed by atoms with Gasteiger partial charge in [-0.05, 0) is 77.6 Å². The number of hydrogen-bond acceptors (Lipinski definition) is 2. The van der Waals surface area contributed by atoms with Crippen molar-refractivity contribution in [3.8, 4) is 0 Å². The maximum Gasteiger partial charge on any atom is 2.00 e. The summed E-state index contributed by atoms with van der Waals surface area (Å²) in [4.78, 5) is 17.9. The van der Waals surface area contributed by atoms with E-state index in [4.69, 9.17) is 9.98 Å². The van der Waals surface area contributed by atoms with E-state index in [2.05, 4.69) is 75.8 Å². The summed E-state index contributed by atoms with van der Waals surface area (Å²) < 4.78 is 0. The molecular formula is C30H34N4Ni. The van der Waals surface area contributed by atoms with Gasteiger partial charge in [-0.15, -0.1) is 11.4 Å². The first kappa shape index (κ1) is 28.1. The Hall–Kier alpha value is -3.17. The Morgan fingerprint density at radius 1 is 0.571 bits per heavy atom. The smallest absolute Gasteiger partial charge is 0.663 e. The normalized spacial score (nSPS) is 11.5. The predicted molar refractivity (Wildman–Crippen MR) is 145 cm³/mol. The van der Waals surface area contributed by atoms with Crippen LogP contribution in [0.15, 0.2) is 70.9 Å². The van der Waals surface area contributed by atoms with E-state index in [1.165, 1.54) is 33.4 Å². The van der Waals surface area contributed by atoms with E-state index in [1.807, 2.05) is 38.1 Å². The van der Waals surface area contributed by atoms with Crippen LogP contribution >= 0.6 is 0 Å². The predicted octanol–water partition coefficient (Wildman–Crippen LogP) is 7.42. The molecule has 4 nitrogen and oxygen atoms in total. The van der Waals surface area contributed by atoms with Crippen LogP contribution in [-0.2, 0) is 16.5 Å². The van der Waals surface area contributed by atoms with E-state index in [9.17, 15) is 0 Å². The Labute approximate surface area is 220 Å². The minimum atomic E-state index is 0. The molecule has 2 aromatic heterocycles. The van der Waals surface area contributed by atoms with Gasteiger partial charge in [0.05, 0.1) is 11.4 Å². The molecule has 0 spiro atoms. The van der Waals surface area contributed by atoms with Gasteiger partial charge in [-0.2, -0.15) is 12.4 Å². The fourth-order valence-electron chi connectivity index (χ4n) is 4.18. The Morgan fingerprint density at radius 3 is 1.14 bits per heavy atom. The Morgan fingerprint density at radius 2 is 0.886 bits per heavy atom. The summed E-state index contributed by atoms with van der Waals surface area (Å²) in [6.45, 7) is 16.6. The first-order chi connectivity index (χ1) is 16.2. The van der Waals surface area contributed by atoms with Gasteiger partial charge in [-0.3, -0.25) is 9.98 Å². The summed E-state index contributed by atoms with van der Waals surface area (Å²) in [7, 11) is 0. The van der Waals surface area contributed by atoms with Crippen LogP contribution in [0.2, 0.25) is 0 Å². The van der Waals surface area contributed by atoms with Crippen LogP contribution in [0.25, 0.3) is 0 Å². The number of aryl methyl sites for hydroxylation is 6. The average molecular weight is 509 g/mol. The van der Waals surface area contributed by atoms with E-state index >= 15 is 0 Å². The van der Waals surface area contributed by atoms with E-state index in [0.717, 1.165) is 34.2 Å². The molecule has 0 saturated heterocycles. The summed E-state index contributed by atoms with van der Waals surface area (Å²) in [5, 5.41) is 0. The fraction of sp³-hybridized carbons (Fsp3) is 0.267. The molecule has 0 aliphatic carbocycles. The third kappa shape index (κ3) is 7.41. The number of rotatable bonds is 4. The average Bonchev–Trinajstić information content (AvgIpc) is 3.48. The van der Waals surface area contributed by atoms with Crippen molar-refractivity contribution in [2.75, 3.05) is 0 Å². The van der Waals surface area contributed by atoms with E-state index < -0.39 is 0 Å². The number of aliphatic imine (C=N–C) groups is 2. The minimum absolute atomic E-state index is 0. The van der Waals surface area contributed by atoms with Crippen LogP contribution in [0, 0.1) is 41.5 Å². The van der Waals surface area contributed by atoms with Gasteiger partial charge in [-0.25, -0.2) is 0 Å². The molecule has 0 N–H and O–H groups in total. The molecule has 4 rings (SSSR count). The van der Waals surface area contributed by atoms with Gasteiger partial charge < -0.3 is 9.97 Å². The monoisotopic (exact) mass is 508 g/mol. The third-order valence-electron chi connectivity index (χ3n) is 5.68. The second kappa shape index (κ2) is 12.5. The SMILES string of the molecule is CC(=Nc1c(C)cc(C)cc1C)c1ccc[n-]1.CC(=Nc1c(C)cc(C)cc1C)c1ccc[n-]1.[Ni+2]. The zero-order valence-corrected chi connectivity index (χ0v) is 22.9. The van der Waals surface area contributed by atoms with Crippen molar-refractivity contribution in [3.63, 3.8) is 0 Å². The first-order valence-corrected chi connectivity index (χ1v) is 11.6. The van der Waals surface area contributed by atoms with Gasteiger partial charge in [0.15, 0.2) is 0 Å². The molecule has 0 amide bonds. The van der Waals surface area contributed by atoms with Gasteiger partial charge in [0.25, 0.3) is 0 Å². The molecular weight excluding hydrogens is 475 g/mol. The Bertz CT molecular complexity index is 1160. The van der Waals surface area contributed by atoms with E-state index in [1.54, 1.807) is 12.4 Å². The molecule has 35 heavy (non-hydrogen) atoms. The number of nitrogens with zero attached hydrogens (tertiary/aromatic N) is 4. The summed E-state index contributed by atoms with van der Waals surface area (Å²) in [6, 6.07) is 16.5. The zero-order chi connectivity index (χ0) is 24.8. The largest absolute Gasteiger partial charge is 2.00 e. The molecule has 4 aromatic rings. The number of hydrogen-bond donors (Lipinski definition) is 0. The van der Waals surface area contributed by atoms with E-state index in [-0.39, 0.29) is 16.5 Å². The number of benzene rings is 2. The van der Waals surface area contributed by atoms with Crippen LogP contribution in [0.4, 0.5) is 11.4 Å². The van der Waals surface area contributed by atoms with Crippen molar-refractivity contribution in [1.29, 1.82) is 0 Å². The second-order valence-electron chi connectivity index (χ2n) is 8.93. The van der Waals surface area contributed by atoms with Crippen molar-refractivity contribution >= 4 is 22.8 Å². The van der Waals surface area contributed by atoms with Crippen molar-refractivity contribution in [2.24, 2.45) is 9.98 Å². The maximum absolute atomic E-state index is 4.70. The molecule has 0 aliphatic heterocycles. The fourth-order valence-corrected chi connectivity index (χ4v) is 4.18. The van der Waals surface area contributed by atoms with Crippen LogP contribution in [0.3, 0.4) is 0 Å². The Kier molecular flexibility index (Phi) is 10.0. The molecule has 184 valence electrons. The standard InChI is InChI=1S/2C15H17N2.Ni/c2*1-10-8-11(2)15(12(3)9-10)17-13(4)14-6-5-7-16-14;/h2*5-9H,1-4H3;/q2*-1;+2. The van der Waals surface area contributed by atoms with Crippen LogP contribution < -0.4 is 9.97 Å². The topological polar surface area (TPSA) is 52.9 Å². The van der Waals surface area contributed by atoms with Crippen LogP contribution in [0.5, 0.6) is 0 Å². The zero-order valence-electron chi connectivity index (χ0n) is 21.9. The quantitative estimate of drug-likeness (QED) is 0.212. The summed E-state index contributed by atoms with van der Waals surface area (Å²) in [5.74, 6) is 0. The van der Waals surface area contributed by atoms with Gasteiger partial charge >= 0.3 is 16.5 Å². The van der Waals surface area contributed by atoms with Crippen molar-refractivity contribution in [2.45, 2.75) is 55.4 Å². The van der Waals surface area contributed by atoms with Gasteiger partial charge in [0, 0.05) is 11.4 Å². The van der Waals surface area contributed by atoms with E-state index in [0.29, 0.717) is 0 Å². The summed E-state index contributed by atoms with van der Waals surface area (Å²) >= 11 is 0. The van der Waals surface area contributed by atoms with Gasteiger partial charge in [0.1, 0.15) is 0 Å². The molecule has 0 fully saturated rings. The Balaban J connectivity index is 0.000000240. The molecule has 0 aliphatic rings. The first-order valence-electron chi connectivity index (χ1n) is 11.6. The maximum atomic E-state index is 4.70. The summed E-state index contributed by atoms with van der Waals surface area (Å²) in [5.41, 5.74) is 13.4. The summed E-state index contributed by atoms with van der Waals surface area (Å²) in [6.07, 6.45) is 3.59. The second-order valence-corrected chi connectivity index (χ2v) is 8.93.